The van der Waals surface area contributed by atoms with Gasteiger partial charge in [0, 0.05) is 5.56 Å². The molecule has 0 atom stereocenters. The van der Waals surface area contributed by atoms with Crippen molar-refractivity contribution < 1.29 is 9.37 Å². The SMILES string of the molecule is CC1=C(C#N)c2[nH+]c(N)c(C#N)c(C)c2/C1=C/c1cccc(F)c1. The summed E-state index contributed by atoms with van der Waals surface area (Å²) in [7, 11) is 0. The number of hydrogen-bond acceptors (Lipinski definition) is 3. The van der Waals surface area contributed by atoms with E-state index in [0.29, 0.717) is 28.0 Å². The summed E-state index contributed by atoms with van der Waals surface area (Å²) in [6.45, 7) is 3.63. The summed E-state index contributed by atoms with van der Waals surface area (Å²) >= 11 is 0. The van der Waals surface area contributed by atoms with Gasteiger partial charge in [-0.15, -0.1) is 0 Å². The van der Waals surface area contributed by atoms with Crippen LogP contribution in [0.3, 0.4) is 0 Å². The molecular weight excluding hydrogens is 303 g/mol. The Balaban J connectivity index is 2.34. The number of nitrogens with one attached hydrogen (secondary N) is 1. The fraction of sp³-hybridized carbons (Fsp3) is 0.105. The van der Waals surface area contributed by atoms with Crippen LogP contribution in [0.25, 0.3) is 17.2 Å². The topological polar surface area (TPSA) is 87.7 Å². The van der Waals surface area contributed by atoms with Gasteiger partial charge in [0.2, 0.25) is 0 Å². The average molecular weight is 317 g/mol. The molecule has 1 aliphatic carbocycles. The number of allylic oxidation sites excluding steroid dienone is 3. The molecule has 0 radical (unpaired) electrons. The predicted molar refractivity (Wildman–Crippen MR) is 89.3 cm³/mol. The van der Waals surface area contributed by atoms with Crippen molar-refractivity contribution >= 4 is 23.0 Å². The maximum Gasteiger partial charge on any atom is 0.289 e. The van der Waals surface area contributed by atoms with E-state index >= 15 is 0 Å². The minimum Gasteiger partial charge on any atom is -0.286 e. The monoisotopic (exact) mass is 317 g/mol. The third-order valence-electron chi connectivity index (χ3n) is 4.21. The highest BCUT2D eigenvalue weighted by Gasteiger charge is 2.32. The van der Waals surface area contributed by atoms with Gasteiger partial charge in [0.15, 0.2) is 5.69 Å². The van der Waals surface area contributed by atoms with Crippen LogP contribution in [0.15, 0.2) is 29.8 Å². The number of rotatable bonds is 1. The largest absolute Gasteiger partial charge is 0.289 e. The maximum absolute atomic E-state index is 13.5. The number of nitrogens with two attached hydrogens (primary N) is 1. The molecule has 1 aliphatic rings. The minimum atomic E-state index is -0.331. The standard InChI is InChI=1S/C19H13FN4/c1-10-14(7-12-4-3-5-13(20)6-12)17-11(2)16(9-22)19(23)24-18(17)15(10)8-21/h3-7H,1-2H3,(H2,23,24)/p+1/b14-7+. The molecule has 5 heteroatoms. The zero-order chi connectivity index (χ0) is 17.4. The normalized spacial score (nSPS) is 14.5. The van der Waals surface area contributed by atoms with Gasteiger partial charge in [-0.1, -0.05) is 12.1 Å². The molecular formula is C19H14FN4+. The van der Waals surface area contributed by atoms with Gasteiger partial charge in [0.25, 0.3) is 5.82 Å². The summed E-state index contributed by atoms with van der Waals surface area (Å²) in [6, 6.07) is 10.5. The van der Waals surface area contributed by atoms with Crippen LogP contribution in [-0.2, 0) is 0 Å². The molecule has 24 heavy (non-hydrogen) atoms. The molecule has 0 unspecified atom stereocenters. The van der Waals surface area contributed by atoms with Crippen molar-refractivity contribution in [3.05, 3.63) is 63.6 Å². The van der Waals surface area contributed by atoms with Crippen LogP contribution in [0.1, 0.15) is 34.9 Å². The number of halogens is 1. The van der Waals surface area contributed by atoms with Crippen LogP contribution in [-0.4, -0.2) is 0 Å². The molecule has 1 aromatic carbocycles. The van der Waals surface area contributed by atoms with E-state index in [2.05, 4.69) is 17.1 Å². The fourth-order valence-corrected chi connectivity index (χ4v) is 3.04. The predicted octanol–water partition coefficient (Wildman–Crippen LogP) is 3.25. The van der Waals surface area contributed by atoms with Crippen LogP contribution >= 0.6 is 0 Å². The Morgan fingerprint density at radius 2 is 1.96 bits per heavy atom. The van der Waals surface area contributed by atoms with Crippen molar-refractivity contribution in [2.75, 3.05) is 5.73 Å². The van der Waals surface area contributed by atoms with E-state index in [1.165, 1.54) is 12.1 Å². The summed E-state index contributed by atoms with van der Waals surface area (Å²) in [5, 5.41) is 18.8. The number of nitriles is 2. The van der Waals surface area contributed by atoms with Gasteiger partial charge in [-0.05, 0) is 54.3 Å². The molecule has 3 rings (SSSR count). The minimum absolute atomic E-state index is 0.237. The summed E-state index contributed by atoms with van der Waals surface area (Å²) < 4.78 is 13.5. The van der Waals surface area contributed by atoms with Gasteiger partial charge in [-0.25, -0.2) is 9.37 Å². The first-order valence-electron chi connectivity index (χ1n) is 7.32. The zero-order valence-corrected chi connectivity index (χ0v) is 13.2. The lowest BCUT2D eigenvalue weighted by Crippen LogP contribution is -2.20. The van der Waals surface area contributed by atoms with Crippen molar-refractivity contribution in [3.63, 3.8) is 0 Å². The van der Waals surface area contributed by atoms with E-state index in [0.717, 1.165) is 16.7 Å². The number of nitrogen functional groups attached to an aromatic ring is 1. The Hall–Kier alpha value is -3.44. The molecule has 3 N–H and O–H groups in total. The highest BCUT2D eigenvalue weighted by Crippen LogP contribution is 2.42. The van der Waals surface area contributed by atoms with E-state index in [-0.39, 0.29) is 11.6 Å². The number of anilines is 1. The Morgan fingerprint density at radius 1 is 1.21 bits per heavy atom. The summed E-state index contributed by atoms with van der Waals surface area (Å²) in [5.41, 5.74) is 11.1. The van der Waals surface area contributed by atoms with Gasteiger partial charge in [0.1, 0.15) is 29.1 Å². The second kappa shape index (κ2) is 5.64. The molecule has 0 bridgehead atoms. The van der Waals surface area contributed by atoms with E-state index in [9.17, 15) is 14.9 Å². The Bertz CT molecular complexity index is 1020. The lowest BCUT2D eigenvalue weighted by molar-refractivity contribution is -0.364. The highest BCUT2D eigenvalue weighted by atomic mass is 19.1. The lowest BCUT2D eigenvalue weighted by Gasteiger charge is -2.08. The molecule has 1 heterocycles. The average Bonchev–Trinajstić information content (AvgIpc) is 2.79. The summed E-state index contributed by atoms with van der Waals surface area (Å²) in [6.07, 6.45) is 1.82. The number of hydrogen-bond donors (Lipinski definition) is 1. The molecule has 1 aromatic heterocycles. The third kappa shape index (κ3) is 2.24. The number of fused-ring (bicyclic) bond motifs is 1. The molecule has 0 spiro atoms. The van der Waals surface area contributed by atoms with Gasteiger partial charge >= 0.3 is 0 Å². The van der Waals surface area contributed by atoms with E-state index in [4.69, 9.17) is 5.73 Å². The maximum atomic E-state index is 13.5. The Labute approximate surface area is 139 Å². The number of nitrogens with zero attached hydrogens (tertiary/aromatic N) is 2. The van der Waals surface area contributed by atoms with Crippen LogP contribution in [0.5, 0.6) is 0 Å². The molecule has 116 valence electrons. The lowest BCUT2D eigenvalue weighted by atomic mass is 9.95. The quantitative estimate of drug-likeness (QED) is 0.875. The highest BCUT2D eigenvalue weighted by molar-refractivity contribution is 6.07. The smallest absolute Gasteiger partial charge is 0.286 e. The van der Waals surface area contributed by atoms with Crippen molar-refractivity contribution in [1.82, 2.24) is 0 Å². The van der Waals surface area contributed by atoms with Gasteiger partial charge in [-0.3, -0.25) is 5.73 Å². The molecule has 0 saturated carbocycles. The van der Waals surface area contributed by atoms with Crippen LogP contribution in [0, 0.1) is 35.4 Å². The van der Waals surface area contributed by atoms with Crippen molar-refractivity contribution in [2.45, 2.75) is 13.8 Å². The summed E-state index contributed by atoms with van der Waals surface area (Å²) in [5.74, 6) is -0.0932. The fourth-order valence-electron chi connectivity index (χ4n) is 3.04. The Morgan fingerprint density at radius 3 is 2.58 bits per heavy atom. The second-order valence-electron chi connectivity index (χ2n) is 5.63. The molecule has 0 fully saturated rings. The number of aromatic nitrogens is 1. The van der Waals surface area contributed by atoms with Crippen molar-refractivity contribution in [3.8, 4) is 12.1 Å². The first-order chi connectivity index (χ1) is 11.5. The molecule has 2 aromatic rings. The zero-order valence-electron chi connectivity index (χ0n) is 13.2. The van der Waals surface area contributed by atoms with E-state index < -0.39 is 0 Å². The number of aromatic amines is 1. The van der Waals surface area contributed by atoms with Crippen LogP contribution < -0.4 is 10.7 Å². The number of benzene rings is 1. The molecule has 0 aliphatic heterocycles. The Kier molecular flexibility index (Phi) is 3.63. The van der Waals surface area contributed by atoms with E-state index in [1.807, 2.05) is 13.0 Å². The molecule has 0 amide bonds. The second-order valence-corrected chi connectivity index (χ2v) is 5.63. The number of pyridine rings is 1. The van der Waals surface area contributed by atoms with Gasteiger partial charge < -0.3 is 0 Å². The van der Waals surface area contributed by atoms with Crippen LogP contribution in [0.4, 0.5) is 10.2 Å². The molecule has 0 saturated heterocycles. The van der Waals surface area contributed by atoms with Gasteiger partial charge in [0.05, 0.1) is 0 Å². The summed E-state index contributed by atoms with van der Waals surface area (Å²) in [4.78, 5) is 2.97. The first-order valence-corrected chi connectivity index (χ1v) is 7.32. The third-order valence-corrected chi connectivity index (χ3v) is 4.21. The van der Waals surface area contributed by atoms with E-state index in [1.54, 1.807) is 19.1 Å². The van der Waals surface area contributed by atoms with Crippen molar-refractivity contribution in [2.24, 2.45) is 0 Å². The van der Waals surface area contributed by atoms with Crippen molar-refractivity contribution in [1.29, 1.82) is 10.5 Å². The molecule has 4 nitrogen and oxygen atoms in total. The van der Waals surface area contributed by atoms with Crippen LogP contribution in [0.2, 0.25) is 0 Å². The van der Waals surface area contributed by atoms with Gasteiger partial charge in [-0.2, -0.15) is 10.5 Å². The first kappa shape index (κ1) is 15.5. The number of H-pyrrole nitrogens is 1.